The van der Waals surface area contributed by atoms with E-state index in [-0.39, 0.29) is 6.04 Å². The van der Waals surface area contributed by atoms with Crippen LogP contribution in [0.3, 0.4) is 0 Å². The van der Waals surface area contributed by atoms with Crippen molar-refractivity contribution in [1.82, 2.24) is 14.9 Å². The first-order chi connectivity index (χ1) is 8.36. The van der Waals surface area contributed by atoms with E-state index in [1.165, 1.54) is 4.88 Å². The maximum atomic E-state index is 4.52. The molecule has 2 heterocycles. The fraction of sp³-hybridized carbons (Fsp3) is 0.462. The van der Waals surface area contributed by atoms with E-state index in [2.05, 4.69) is 52.4 Å². The van der Waals surface area contributed by atoms with Crippen LogP contribution in [0, 0.1) is 0 Å². The van der Waals surface area contributed by atoms with Crippen molar-refractivity contribution in [3.8, 4) is 0 Å². The highest BCUT2D eigenvalue weighted by molar-refractivity contribution is 7.10. The smallest absolute Gasteiger partial charge is 0.131 e. The molecule has 0 fully saturated rings. The molecule has 1 unspecified atom stereocenters. The number of rotatable bonds is 6. The quantitative estimate of drug-likeness (QED) is 0.852. The van der Waals surface area contributed by atoms with E-state index in [1.807, 2.05) is 6.20 Å². The maximum absolute atomic E-state index is 4.52. The molecule has 1 N–H and O–H groups in total. The second kappa shape index (κ2) is 5.98. The Balaban J connectivity index is 2.29. The van der Waals surface area contributed by atoms with Crippen molar-refractivity contribution in [3.05, 3.63) is 40.6 Å². The van der Waals surface area contributed by atoms with Crippen LogP contribution in [-0.2, 0) is 6.54 Å². The Labute approximate surface area is 107 Å². The van der Waals surface area contributed by atoms with Crippen LogP contribution in [0.1, 0.15) is 37.0 Å². The van der Waals surface area contributed by atoms with Crippen molar-refractivity contribution < 1.29 is 0 Å². The minimum Gasteiger partial charge on any atom is -0.333 e. The molecular formula is C13H19N3S. The van der Waals surface area contributed by atoms with Gasteiger partial charge in [-0.1, -0.05) is 19.9 Å². The Bertz CT molecular complexity index is 433. The van der Waals surface area contributed by atoms with E-state index in [9.17, 15) is 0 Å². The number of imidazole rings is 1. The third-order valence-electron chi connectivity index (χ3n) is 2.71. The SMILES string of the molecule is CCCn1ccnc1C(NCC)c1cccs1. The van der Waals surface area contributed by atoms with Crippen molar-refractivity contribution in [2.24, 2.45) is 0 Å². The van der Waals surface area contributed by atoms with Gasteiger partial charge in [-0.2, -0.15) is 0 Å². The van der Waals surface area contributed by atoms with Crippen LogP contribution in [0.15, 0.2) is 29.9 Å². The summed E-state index contributed by atoms with van der Waals surface area (Å²) in [6, 6.07) is 4.49. The Morgan fingerprint density at radius 1 is 1.47 bits per heavy atom. The zero-order valence-electron chi connectivity index (χ0n) is 10.4. The molecule has 2 aromatic heterocycles. The summed E-state index contributed by atoms with van der Waals surface area (Å²) in [5.74, 6) is 1.12. The first kappa shape index (κ1) is 12.3. The molecule has 0 aliphatic rings. The molecule has 0 aliphatic heterocycles. The van der Waals surface area contributed by atoms with Gasteiger partial charge in [0.15, 0.2) is 0 Å². The first-order valence-electron chi connectivity index (χ1n) is 6.14. The van der Waals surface area contributed by atoms with Crippen molar-refractivity contribution in [1.29, 1.82) is 0 Å². The first-order valence-corrected chi connectivity index (χ1v) is 7.02. The fourth-order valence-electron chi connectivity index (χ4n) is 1.99. The number of nitrogens with one attached hydrogen (secondary N) is 1. The molecule has 0 amide bonds. The molecule has 2 aromatic rings. The van der Waals surface area contributed by atoms with Gasteiger partial charge in [-0.05, 0) is 24.4 Å². The number of thiophene rings is 1. The van der Waals surface area contributed by atoms with Gasteiger partial charge in [0.2, 0.25) is 0 Å². The van der Waals surface area contributed by atoms with Gasteiger partial charge >= 0.3 is 0 Å². The molecule has 2 rings (SSSR count). The Morgan fingerprint density at radius 2 is 2.35 bits per heavy atom. The molecule has 92 valence electrons. The summed E-state index contributed by atoms with van der Waals surface area (Å²) >= 11 is 1.78. The molecule has 0 saturated carbocycles. The van der Waals surface area contributed by atoms with Crippen LogP contribution >= 0.6 is 11.3 Å². The highest BCUT2D eigenvalue weighted by atomic mass is 32.1. The maximum Gasteiger partial charge on any atom is 0.131 e. The molecule has 0 saturated heterocycles. The molecule has 0 spiro atoms. The third-order valence-corrected chi connectivity index (χ3v) is 3.64. The van der Waals surface area contributed by atoms with Crippen molar-refractivity contribution >= 4 is 11.3 Å². The molecule has 3 nitrogen and oxygen atoms in total. The van der Waals surface area contributed by atoms with Crippen LogP contribution < -0.4 is 5.32 Å². The van der Waals surface area contributed by atoms with Crippen molar-refractivity contribution in [2.75, 3.05) is 6.54 Å². The van der Waals surface area contributed by atoms with Gasteiger partial charge < -0.3 is 9.88 Å². The summed E-state index contributed by atoms with van der Waals surface area (Å²) in [7, 11) is 0. The number of aromatic nitrogens is 2. The topological polar surface area (TPSA) is 29.9 Å². The lowest BCUT2D eigenvalue weighted by Crippen LogP contribution is -2.24. The predicted octanol–water partition coefficient (Wildman–Crippen LogP) is 3.05. The molecule has 0 bridgehead atoms. The summed E-state index contributed by atoms with van der Waals surface area (Å²) in [4.78, 5) is 5.85. The predicted molar refractivity (Wildman–Crippen MR) is 72.4 cm³/mol. The van der Waals surface area contributed by atoms with E-state index < -0.39 is 0 Å². The van der Waals surface area contributed by atoms with Crippen LogP contribution in [0.25, 0.3) is 0 Å². The normalized spacial score (nSPS) is 12.8. The number of hydrogen-bond acceptors (Lipinski definition) is 3. The molecule has 4 heteroatoms. The second-order valence-electron chi connectivity index (χ2n) is 3.98. The average Bonchev–Trinajstić information content (AvgIpc) is 2.97. The van der Waals surface area contributed by atoms with E-state index in [1.54, 1.807) is 11.3 Å². The molecule has 0 aliphatic carbocycles. The lowest BCUT2D eigenvalue weighted by Gasteiger charge is -2.17. The van der Waals surface area contributed by atoms with Crippen molar-refractivity contribution in [2.45, 2.75) is 32.9 Å². The number of aryl methyl sites for hydroxylation is 1. The van der Waals surface area contributed by atoms with E-state index in [0.717, 1.165) is 25.3 Å². The Kier molecular flexibility index (Phi) is 4.34. The zero-order chi connectivity index (χ0) is 12.1. The van der Waals surface area contributed by atoms with Crippen LogP contribution in [-0.4, -0.2) is 16.1 Å². The number of nitrogens with zero attached hydrogens (tertiary/aromatic N) is 2. The van der Waals surface area contributed by atoms with Gasteiger partial charge in [-0.25, -0.2) is 4.98 Å². The largest absolute Gasteiger partial charge is 0.333 e. The van der Waals surface area contributed by atoms with Crippen LogP contribution in [0.5, 0.6) is 0 Å². The molecule has 17 heavy (non-hydrogen) atoms. The zero-order valence-corrected chi connectivity index (χ0v) is 11.2. The summed E-state index contributed by atoms with van der Waals surface area (Å²) in [6.45, 7) is 6.30. The van der Waals surface area contributed by atoms with Crippen LogP contribution in [0.4, 0.5) is 0 Å². The van der Waals surface area contributed by atoms with Crippen LogP contribution in [0.2, 0.25) is 0 Å². The molecule has 1 atom stereocenters. The van der Waals surface area contributed by atoms with Gasteiger partial charge in [0.1, 0.15) is 11.9 Å². The highest BCUT2D eigenvalue weighted by Gasteiger charge is 2.18. The fourth-order valence-corrected chi connectivity index (χ4v) is 2.79. The van der Waals surface area contributed by atoms with E-state index >= 15 is 0 Å². The monoisotopic (exact) mass is 249 g/mol. The molecule has 0 aromatic carbocycles. The average molecular weight is 249 g/mol. The van der Waals surface area contributed by atoms with Gasteiger partial charge in [0, 0.05) is 23.8 Å². The summed E-state index contributed by atoms with van der Waals surface area (Å²) < 4.78 is 2.24. The lowest BCUT2D eigenvalue weighted by molar-refractivity contribution is 0.549. The summed E-state index contributed by atoms with van der Waals surface area (Å²) in [6.07, 6.45) is 5.09. The van der Waals surface area contributed by atoms with Gasteiger partial charge in [0.05, 0.1) is 0 Å². The highest BCUT2D eigenvalue weighted by Crippen LogP contribution is 2.24. The van der Waals surface area contributed by atoms with Crippen molar-refractivity contribution in [3.63, 3.8) is 0 Å². The Hall–Kier alpha value is -1.13. The second-order valence-corrected chi connectivity index (χ2v) is 4.96. The molecular weight excluding hydrogens is 230 g/mol. The third kappa shape index (κ3) is 2.76. The summed E-state index contributed by atoms with van der Waals surface area (Å²) in [5, 5.41) is 5.63. The van der Waals surface area contributed by atoms with Gasteiger partial charge in [-0.3, -0.25) is 0 Å². The summed E-state index contributed by atoms with van der Waals surface area (Å²) in [5.41, 5.74) is 0. The van der Waals surface area contributed by atoms with Gasteiger partial charge in [-0.15, -0.1) is 11.3 Å². The van der Waals surface area contributed by atoms with E-state index in [4.69, 9.17) is 0 Å². The lowest BCUT2D eigenvalue weighted by atomic mass is 10.2. The van der Waals surface area contributed by atoms with E-state index in [0.29, 0.717) is 0 Å². The minimum absolute atomic E-state index is 0.224. The Morgan fingerprint density at radius 3 is 3.00 bits per heavy atom. The minimum atomic E-state index is 0.224. The molecule has 0 radical (unpaired) electrons. The number of hydrogen-bond donors (Lipinski definition) is 1. The standard InChI is InChI=1S/C13H19N3S/c1-3-8-16-9-7-15-13(16)12(14-4-2)11-6-5-10-17-11/h5-7,9-10,12,14H,3-4,8H2,1-2H3. The van der Waals surface area contributed by atoms with Gasteiger partial charge in [0.25, 0.3) is 0 Å².